The first kappa shape index (κ1) is 15.2. The first-order valence-electron chi connectivity index (χ1n) is 5.72. The second-order valence-corrected chi connectivity index (χ2v) is 6.23. The number of aliphatic imine (C=N–C) groups is 1. The molecule has 1 heterocycles. The molecular weight excluding hydrogens is 362 g/mol. The number of rotatable bonds is 4. The highest BCUT2D eigenvalue weighted by atomic mass is 79.9. The van der Waals surface area contributed by atoms with Gasteiger partial charge in [-0.15, -0.1) is 11.3 Å². The monoisotopic (exact) mass is 373 g/mol. The van der Waals surface area contributed by atoms with E-state index in [9.17, 15) is 0 Å². The van der Waals surface area contributed by atoms with Crippen molar-refractivity contribution in [3.8, 4) is 5.75 Å². The van der Waals surface area contributed by atoms with Crippen LogP contribution in [0.25, 0.3) is 0 Å². The Balaban J connectivity index is 2.00. The summed E-state index contributed by atoms with van der Waals surface area (Å²) >= 11 is 11.1. The highest BCUT2D eigenvalue weighted by Gasteiger charge is 2.03. The Morgan fingerprint density at radius 2 is 2.30 bits per heavy atom. The van der Waals surface area contributed by atoms with E-state index in [1.165, 1.54) is 0 Å². The van der Waals surface area contributed by atoms with Gasteiger partial charge in [0.25, 0.3) is 0 Å². The summed E-state index contributed by atoms with van der Waals surface area (Å²) in [5, 5.41) is 5.52. The molecule has 2 rings (SSSR count). The number of methoxy groups -OCH3 is 1. The molecule has 0 aliphatic rings. The Hall–Kier alpha value is -1.24. The highest BCUT2D eigenvalue weighted by molar-refractivity contribution is 9.10. The number of anilines is 1. The first-order chi connectivity index (χ1) is 9.58. The molecule has 0 aliphatic heterocycles. The lowest BCUT2D eigenvalue weighted by molar-refractivity contribution is 0.415. The molecule has 106 valence electrons. The molecule has 0 radical (unpaired) electrons. The number of nitrogens with two attached hydrogens (primary N) is 1. The van der Waals surface area contributed by atoms with Crippen molar-refractivity contribution < 1.29 is 4.74 Å². The lowest BCUT2D eigenvalue weighted by Crippen LogP contribution is -2.22. The topological polar surface area (TPSA) is 59.6 Å². The molecule has 0 atom stereocenters. The quantitative estimate of drug-likeness (QED) is 0.625. The van der Waals surface area contributed by atoms with E-state index in [2.05, 4.69) is 26.2 Å². The summed E-state index contributed by atoms with van der Waals surface area (Å²) in [4.78, 5) is 5.41. The maximum Gasteiger partial charge on any atom is 0.193 e. The van der Waals surface area contributed by atoms with Gasteiger partial charge in [0.15, 0.2) is 5.96 Å². The molecule has 7 heteroatoms. The number of guanidine groups is 1. The van der Waals surface area contributed by atoms with Gasteiger partial charge in [0.1, 0.15) is 5.75 Å². The molecular formula is C13H13BrClN3OS. The molecule has 20 heavy (non-hydrogen) atoms. The smallest absolute Gasteiger partial charge is 0.193 e. The molecule has 4 nitrogen and oxygen atoms in total. The van der Waals surface area contributed by atoms with Crippen LogP contribution in [0.15, 0.2) is 39.1 Å². The molecule has 0 aliphatic carbocycles. The van der Waals surface area contributed by atoms with Gasteiger partial charge in [0, 0.05) is 20.4 Å². The van der Waals surface area contributed by atoms with Crippen LogP contribution >= 0.6 is 38.9 Å². The minimum atomic E-state index is 0.343. The molecule has 0 saturated carbocycles. The Labute approximate surface area is 134 Å². The molecule has 1 aromatic carbocycles. The number of hydrogen-bond acceptors (Lipinski definition) is 3. The Morgan fingerprint density at radius 3 is 2.90 bits per heavy atom. The van der Waals surface area contributed by atoms with Gasteiger partial charge in [-0.25, -0.2) is 4.99 Å². The molecule has 0 saturated heterocycles. The normalized spacial score (nSPS) is 11.4. The third kappa shape index (κ3) is 4.13. The fraction of sp³-hybridized carbons (Fsp3) is 0.154. The van der Waals surface area contributed by atoms with E-state index < -0.39 is 0 Å². The van der Waals surface area contributed by atoms with Crippen LogP contribution in [0.5, 0.6) is 5.75 Å². The van der Waals surface area contributed by atoms with Crippen molar-refractivity contribution in [3.63, 3.8) is 0 Å². The Kier molecular flexibility index (Phi) is 5.28. The van der Waals surface area contributed by atoms with E-state index in [4.69, 9.17) is 22.1 Å². The van der Waals surface area contributed by atoms with Gasteiger partial charge < -0.3 is 15.8 Å². The van der Waals surface area contributed by atoms with Gasteiger partial charge in [-0.3, -0.25) is 0 Å². The summed E-state index contributed by atoms with van der Waals surface area (Å²) in [5.41, 5.74) is 6.61. The van der Waals surface area contributed by atoms with Crippen LogP contribution in [0, 0.1) is 0 Å². The average Bonchev–Trinajstić information content (AvgIpc) is 2.82. The summed E-state index contributed by atoms with van der Waals surface area (Å²) in [6.07, 6.45) is 0. The fourth-order valence-electron chi connectivity index (χ4n) is 1.53. The van der Waals surface area contributed by atoms with E-state index in [0.717, 1.165) is 15.0 Å². The highest BCUT2D eigenvalue weighted by Crippen LogP contribution is 2.27. The fourth-order valence-corrected chi connectivity index (χ4v) is 3.16. The van der Waals surface area contributed by atoms with E-state index in [0.29, 0.717) is 23.3 Å². The lowest BCUT2D eigenvalue weighted by Gasteiger charge is -2.08. The van der Waals surface area contributed by atoms with Crippen molar-refractivity contribution in [3.05, 3.63) is 44.0 Å². The molecule has 1 aromatic heterocycles. The standard InChI is InChI=1S/C13H13BrClN3OS/c1-19-12-3-2-9(5-11(12)15)18-13(16)17-6-10-4-8(14)7-20-10/h2-5,7H,6H2,1H3,(H3,16,17,18). The summed E-state index contributed by atoms with van der Waals surface area (Å²) in [6, 6.07) is 7.36. The summed E-state index contributed by atoms with van der Waals surface area (Å²) < 4.78 is 6.14. The molecule has 0 spiro atoms. The van der Waals surface area contributed by atoms with Crippen molar-refractivity contribution in [2.45, 2.75) is 6.54 Å². The zero-order chi connectivity index (χ0) is 14.5. The Morgan fingerprint density at radius 1 is 1.50 bits per heavy atom. The van der Waals surface area contributed by atoms with Gasteiger partial charge >= 0.3 is 0 Å². The zero-order valence-corrected chi connectivity index (χ0v) is 13.8. The van der Waals surface area contributed by atoms with Gasteiger partial charge in [0.2, 0.25) is 0 Å². The number of nitrogens with zero attached hydrogens (tertiary/aromatic N) is 1. The van der Waals surface area contributed by atoms with Crippen LogP contribution in [0.3, 0.4) is 0 Å². The predicted molar refractivity (Wildman–Crippen MR) is 89.0 cm³/mol. The van der Waals surface area contributed by atoms with E-state index in [1.54, 1.807) is 30.6 Å². The third-order valence-corrected chi connectivity index (χ3v) is 4.43. The number of halogens is 2. The van der Waals surface area contributed by atoms with E-state index in [1.807, 2.05) is 17.5 Å². The van der Waals surface area contributed by atoms with Gasteiger partial charge in [0.05, 0.1) is 18.7 Å². The average molecular weight is 375 g/mol. The van der Waals surface area contributed by atoms with Crippen LogP contribution in [-0.4, -0.2) is 13.1 Å². The van der Waals surface area contributed by atoms with E-state index in [-0.39, 0.29) is 0 Å². The maximum absolute atomic E-state index is 6.04. The summed E-state index contributed by atoms with van der Waals surface area (Å²) in [7, 11) is 1.57. The predicted octanol–water partition coefficient (Wildman–Crippen LogP) is 4.10. The molecule has 0 bridgehead atoms. The number of nitrogens with one attached hydrogen (secondary N) is 1. The Bertz CT molecular complexity index is 630. The van der Waals surface area contributed by atoms with Crippen molar-refractivity contribution in [1.29, 1.82) is 0 Å². The minimum Gasteiger partial charge on any atom is -0.495 e. The summed E-state index contributed by atoms with van der Waals surface area (Å²) in [6.45, 7) is 0.541. The number of ether oxygens (including phenoxy) is 1. The van der Waals surface area contributed by atoms with Gasteiger partial charge in [-0.1, -0.05) is 11.6 Å². The van der Waals surface area contributed by atoms with Crippen molar-refractivity contribution in [2.24, 2.45) is 10.7 Å². The molecule has 3 N–H and O–H groups in total. The van der Waals surface area contributed by atoms with Gasteiger partial charge in [-0.05, 0) is 40.2 Å². The summed E-state index contributed by atoms with van der Waals surface area (Å²) in [5.74, 6) is 0.965. The lowest BCUT2D eigenvalue weighted by atomic mass is 10.3. The molecule has 0 unspecified atom stereocenters. The van der Waals surface area contributed by atoms with Crippen LogP contribution in [-0.2, 0) is 6.54 Å². The van der Waals surface area contributed by atoms with Crippen LogP contribution in [0.1, 0.15) is 4.88 Å². The van der Waals surface area contributed by atoms with Crippen LogP contribution in [0.2, 0.25) is 5.02 Å². The zero-order valence-electron chi connectivity index (χ0n) is 10.7. The number of thiophene rings is 1. The van der Waals surface area contributed by atoms with Crippen molar-refractivity contribution >= 4 is 50.5 Å². The van der Waals surface area contributed by atoms with Gasteiger partial charge in [-0.2, -0.15) is 0 Å². The van der Waals surface area contributed by atoms with E-state index >= 15 is 0 Å². The third-order valence-electron chi connectivity index (χ3n) is 2.45. The first-order valence-corrected chi connectivity index (χ1v) is 7.77. The number of benzene rings is 1. The molecule has 0 amide bonds. The second-order valence-electron chi connectivity index (χ2n) is 3.91. The second kappa shape index (κ2) is 6.97. The molecule has 2 aromatic rings. The minimum absolute atomic E-state index is 0.343. The molecule has 0 fully saturated rings. The SMILES string of the molecule is COc1ccc(NC(N)=NCc2cc(Br)cs2)cc1Cl. The number of hydrogen-bond donors (Lipinski definition) is 2. The largest absolute Gasteiger partial charge is 0.495 e. The van der Waals surface area contributed by atoms with Crippen molar-refractivity contribution in [2.75, 3.05) is 12.4 Å². The maximum atomic E-state index is 6.04. The van der Waals surface area contributed by atoms with Crippen LogP contribution < -0.4 is 15.8 Å². The van der Waals surface area contributed by atoms with Crippen LogP contribution in [0.4, 0.5) is 5.69 Å². The van der Waals surface area contributed by atoms with Crippen molar-refractivity contribution in [1.82, 2.24) is 0 Å².